The van der Waals surface area contributed by atoms with Gasteiger partial charge in [-0.3, -0.25) is 14.2 Å². The van der Waals surface area contributed by atoms with E-state index in [4.69, 9.17) is 0 Å². The number of fused-ring (bicyclic) bond motifs is 1. The number of hydrogen-bond acceptors (Lipinski definition) is 5. The van der Waals surface area contributed by atoms with Gasteiger partial charge in [-0.1, -0.05) is 0 Å². The highest BCUT2D eigenvalue weighted by atomic mass is 32.1. The summed E-state index contributed by atoms with van der Waals surface area (Å²) in [6.45, 7) is 1.40. The van der Waals surface area contributed by atoms with Crippen molar-refractivity contribution in [3.8, 4) is 0 Å². The fraction of sp³-hybridized carbons (Fsp3) is 0.611. The predicted molar refractivity (Wildman–Crippen MR) is 101 cm³/mol. The Balaban J connectivity index is 1.52. The zero-order valence-electron chi connectivity index (χ0n) is 15.2. The third-order valence-corrected chi connectivity index (χ3v) is 6.42. The van der Waals surface area contributed by atoms with Crippen LogP contribution in [0, 0.1) is 5.92 Å². The molecule has 0 aliphatic carbocycles. The molecule has 0 bridgehead atoms. The van der Waals surface area contributed by atoms with Gasteiger partial charge < -0.3 is 9.80 Å². The van der Waals surface area contributed by atoms with Crippen LogP contribution in [0.5, 0.6) is 0 Å². The largest absolute Gasteiger partial charge is 0.342 e. The summed E-state index contributed by atoms with van der Waals surface area (Å²) in [4.78, 5) is 33.5. The number of anilines is 1. The van der Waals surface area contributed by atoms with Crippen LogP contribution in [0.3, 0.4) is 0 Å². The van der Waals surface area contributed by atoms with Crippen LogP contribution in [0.4, 0.5) is 14.7 Å². The van der Waals surface area contributed by atoms with Crippen molar-refractivity contribution >= 4 is 33.4 Å². The van der Waals surface area contributed by atoms with Crippen molar-refractivity contribution in [2.75, 3.05) is 31.1 Å². The van der Waals surface area contributed by atoms with Crippen molar-refractivity contribution in [3.63, 3.8) is 0 Å². The van der Waals surface area contributed by atoms with Gasteiger partial charge in [0.1, 0.15) is 4.70 Å². The molecule has 1 atom stereocenters. The SMILES string of the molecule is Cn1c(N2CCCC(C(=O)N3CCC(F)(F)CC3)C2)nc2ccsc2c1=O. The third-order valence-electron chi connectivity index (χ3n) is 5.52. The summed E-state index contributed by atoms with van der Waals surface area (Å²) in [6, 6.07) is 1.82. The van der Waals surface area contributed by atoms with E-state index in [0.717, 1.165) is 19.4 Å². The molecule has 4 heterocycles. The lowest BCUT2D eigenvalue weighted by Crippen LogP contribution is -2.49. The Labute approximate surface area is 159 Å². The van der Waals surface area contributed by atoms with Gasteiger partial charge in [0.15, 0.2) is 0 Å². The monoisotopic (exact) mass is 396 g/mol. The fourth-order valence-corrected chi connectivity index (χ4v) is 4.74. The minimum absolute atomic E-state index is 0.0585. The highest BCUT2D eigenvalue weighted by Gasteiger charge is 2.38. The van der Waals surface area contributed by atoms with Crippen LogP contribution >= 0.6 is 11.3 Å². The van der Waals surface area contributed by atoms with Crippen LogP contribution in [0.2, 0.25) is 0 Å². The number of thiophene rings is 1. The summed E-state index contributed by atoms with van der Waals surface area (Å²) in [5, 5.41) is 1.84. The van der Waals surface area contributed by atoms with Crippen molar-refractivity contribution in [2.24, 2.45) is 13.0 Å². The predicted octanol–water partition coefficient (Wildman–Crippen LogP) is 2.47. The molecule has 0 aromatic carbocycles. The van der Waals surface area contributed by atoms with E-state index in [1.165, 1.54) is 15.9 Å². The van der Waals surface area contributed by atoms with Gasteiger partial charge >= 0.3 is 0 Å². The number of carbonyl (C=O) groups is 1. The van der Waals surface area contributed by atoms with Gasteiger partial charge in [0.2, 0.25) is 11.9 Å². The third kappa shape index (κ3) is 3.44. The van der Waals surface area contributed by atoms with Gasteiger partial charge in [-0.05, 0) is 24.3 Å². The number of nitrogens with zero attached hydrogens (tertiary/aromatic N) is 4. The number of hydrogen-bond donors (Lipinski definition) is 0. The number of aromatic nitrogens is 2. The molecular formula is C18H22F2N4O2S. The summed E-state index contributed by atoms with van der Waals surface area (Å²) >= 11 is 1.37. The second kappa shape index (κ2) is 6.85. The minimum atomic E-state index is -2.66. The number of halogens is 2. The van der Waals surface area contributed by atoms with Crippen molar-refractivity contribution < 1.29 is 13.6 Å². The molecule has 0 spiro atoms. The smallest absolute Gasteiger partial charge is 0.272 e. The Kier molecular flexibility index (Phi) is 4.65. The van der Waals surface area contributed by atoms with Crippen molar-refractivity contribution in [3.05, 3.63) is 21.8 Å². The van der Waals surface area contributed by atoms with Gasteiger partial charge in [0.25, 0.3) is 11.5 Å². The van der Waals surface area contributed by atoms with Crippen LogP contribution in [0.25, 0.3) is 10.2 Å². The molecule has 2 aliphatic rings. The molecule has 2 fully saturated rings. The Morgan fingerprint density at radius 1 is 1.30 bits per heavy atom. The second-order valence-electron chi connectivity index (χ2n) is 7.38. The molecule has 2 aliphatic heterocycles. The second-order valence-corrected chi connectivity index (χ2v) is 8.29. The minimum Gasteiger partial charge on any atom is -0.342 e. The van der Waals surface area contributed by atoms with E-state index in [1.54, 1.807) is 11.9 Å². The van der Waals surface area contributed by atoms with Crippen molar-refractivity contribution in [2.45, 2.75) is 31.6 Å². The maximum absolute atomic E-state index is 13.4. The quantitative estimate of drug-likeness (QED) is 0.783. The Hall–Kier alpha value is -2.03. The van der Waals surface area contributed by atoms with Gasteiger partial charge in [-0.2, -0.15) is 0 Å². The molecule has 2 aromatic heterocycles. The van der Waals surface area contributed by atoms with Crippen LogP contribution in [-0.4, -0.2) is 52.5 Å². The van der Waals surface area contributed by atoms with Gasteiger partial charge in [-0.15, -0.1) is 11.3 Å². The summed E-state index contributed by atoms with van der Waals surface area (Å²) in [5.41, 5.74) is 0.585. The fourth-order valence-electron chi connectivity index (χ4n) is 3.93. The Bertz CT molecular complexity index is 916. The van der Waals surface area contributed by atoms with Crippen LogP contribution in [0.15, 0.2) is 16.2 Å². The average Bonchev–Trinajstić information content (AvgIpc) is 3.13. The molecule has 1 unspecified atom stereocenters. The van der Waals surface area contributed by atoms with Crippen LogP contribution < -0.4 is 10.5 Å². The zero-order chi connectivity index (χ0) is 19.2. The van der Waals surface area contributed by atoms with Gasteiger partial charge in [0, 0.05) is 46.1 Å². The van der Waals surface area contributed by atoms with E-state index in [0.29, 0.717) is 22.7 Å². The van der Waals surface area contributed by atoms with E-state index >= 15 is 0 Å². The topological polar surface area (TPSA) is 58.4 Å². The number of alkyl halides is 2. The molecule has 0 saturated carbocycles. The summed E-state index contributed by atoms with van der Waals surface area (Å²) in [6.07, 6.45) is 1.01. The normalized spacial score (nSPS) is 23.0. The van der Waals surface area contributed by atoms with Crippen LogP contribution in [-0.2, 0) is 11.8 Å². The maximum Gasteiger partial charge on any atom is 0.272 e. The van der Waals surface area contributed by atoms with E-state index in [2.05, 4.69) is 4.98 Å². The number of carbonyl (C=O) groups excluding carboxylic acids is 1. The number of rotatable bonds is 2. The van der Waals surface area contributed by atoms with Crippen molar-refractivity contribution in [1.82, 2.24) is 14.5 Å². The Morgan fingerprint density at radius 3 is 2.78 bits per heavy atom. The number of likely N-dealkylation sites (tertiary alicyclic amines) is 1. The molecule has 1 amide bonds. The lowest BCUT2D eigenvalue weighted by atomic mass is 9.95. The number of piperidine rings is 2. The standard InChI is InChI=1S/C18H22F2N4O2S/c1-22-16(26)14-13(4-10-27-14)21-17(22)24-7-2-3-12(11-24)15(25)23-8-5-18(19,20)6-9-23/h4,10,12H,2-3,5-9,11H2,1H3. The van der Waals surface area contributed by atoms with Crippen LogP contribution in [0.1, 0.15) is 25.7 Å². The molecule has 0 radical (unpaired) electrons. The number of amides is 1. The van der Waals surface area contributed by atoms with E-state index in [9.17, 15) is 18.4 Å². The first-order chi connectivity index (χ1) is 12.9. The zero-order valence-corrected chi connectivity index (χ0v) is 16.0. The first kappa shape index (κ1) is 18.3. The molecule has 0 N–H and O–H groups in total. The molecule has 9 heteroatoms. The maximum atomic E-state index is 13.4. The van der Waals surface area contributed by atoms with Gasteiger partial charge in [0.05, 0.1) is 11.4 Å². The lowest BCUT2D eigenvalue weighted by Gasteiger charge is -2.38. The molecular weight excluding hydrogens is 374 g/mol. The molecule has 6 nitrogen and oxygen atoms in total. The highest BCUT2D eigenvalue weighted by molar-refractivity contribution is 7.17. The molecule has 27 heavy (non-hydrogen) atoms. The highest BCUT2D eigenvalue weighted by Crippen LogP contribution is 2.30. The van der Waals surface area contributed by atoms with Crippen molar-refractivity contribution in [1.29, 1.82) is 0 Å². The molecule has 2 aromatic rings. The first-order valence-electron chi connectivity index (χ1n) is 9.21. The summed E-state index contributed by atoms with van der Waals surface area (Å²) < 4.78 is 28.9. The molecule has 4 rings (SSSR count). The van der Waals surface area contributed by atoms with E-state index < -0.39 is 5.92 Å². The first-order valence-corrected chi connectivity index (χ1v) is 10.1. The van der Waals surface area contributed by atoms with E-state index in [-0.39, 0.29) is 43.3 Å². The summed E-state index contributed by atoms with van der Waals surface area (Å²) in [7, 11) is 1.70. The molecule has 146 valence electrons. The summed E-state index contributed by atoms with van der Waals surface area (Å²) in [5.74, 6) is -2.40. The Morgan fingerprint density at radius 2 is 2.04 bits per heavy atom. The average molecular weight is 396 g/mol. The molecule has 2 saturated heterocycles. The van der Waals surface area contributed by atoms with E-state index in [1.807, 2.05) is 16.3 Å². The lowest BCUT2D eigenvalue weighted by molar-refractivity contribution is -0.141. The van der Waals surface area contributed by atoms with Gasteiger partial charge in [-0.25, -0.2) is 13.8 Å².